The van der Waals surface area contributed by atoms with Crippen molar-refractivity contribution in [1.82, 2.24) is 15.2 Å². The molecule has 1 aromatic carbocycles. The van der Waals surface area contributed by atoms with E-state index in [0.29, 0.717) is 12.1 Å². The van der Waals surface area contributed by atoms with E-state index >= 15 is 0 Å². The summed E-state index contributed by atoms with van der Waals surface area (Å²) in [6.07, 6.45) is 4.79. The predicted molar refractivity (Wildman–Crippen MR) is 123 cm³/mol. The molecule has 0 spiro atoms. The Bertz CT molecular complexity index is 788. The van der Waals surface area contributed by atoms with Crippen molar-refractivity contribution in [3.8, 4) is 0 Å². The molecular weight excluding hydrogens is 490 g/mol. The van der Waals surface area contributed by atoms with Crippen LogP contribution in [-0.2, 0) is 37.3 Å². The molecule has 2 aromatic rings. The number of rotatable bonds is 6. The molecule has 0 atom stereocenters. The highest BCUT2D eigenvalue weighted by Crippen LogP contribution is 2.27. The number of halogens is 2. The van der Waals surface area contributed by atoms with Crippen LogP contribution in [0.5, 0.6) is 0 Å². The molecule has 154 valence electrons. The molecule has 0 saturated carbocycles. The van der Waals surface area contributed by atoms with Gasteiger partial charge in [-0.05, 0) is 43.4 Å². The highest BCUT2D eigenvalue weighted by molar-refractivity contribution is 14.0. The summed E-state index contributed by atoms with van der Waals surface area (Å²) in [6, 6.07) is 5.09. The number of aliphatic imine (C=N–C) groups is 1. The number of hydrogen-bond donors (Lipinski definition) is 1. The van der Waals surface area contributed by atoms with Crippen molar-refractivity contribution in [2.24, 2.45) is 4.99 Å². The number of methoxy groups -OCH3 is 1. The fraction of sp³-hybridized carbons (Fsp3) is 0.500. The minimum atomic E-state index is -0.241. The number of ether oxygens (including phenoxy) is 1. The molecule has 0 fully saturated rings. The third-order valence-electron chi connectivity index (χ3n) is 4.70. The van der Waals surface area contributed by atoms with Crippen molar-refractivity contribution in [3.05, 3.63) is 50.7 Å². The van der Waals surface area contributed by atoms with E-state index in [2.05, 4.69) is 15.2 Å². The largest absolute Gasteiger partial charge is 0.380 e. The number of guanidine groups is 1. The van der Waals surface area contributed by atoms with Gasteiger partial charge in [0.05, 0.1) is 18.8 Å². The molecule has 0 unspecified atom stereocenters. The number of nitrogens with zero attached hydrogens (tertiary/aromatic N) is 3. The van der Waals surface area contributed by atoms with Gasteiger partial charge in [-0.15, -0.1) is 35.3 Å². The fourth-order valence-corrected chi connectivity index (χ4v) is 4.53. The molecule has 1 aliphatic carbocycles. The first-order valence-electron chi connectivity index (χ1n) is 9.26. The number of hydrogen-bond acceptors (Lipinski definition) is 4. The lowest BCUT2D eigenvalue weighted by Crippen LogP contribution is -2.38. The molecule has 0 bridgehead atoms. The van der Waals surface area contributed by atoms with Gasteiger partial charge in [-0.1, -0.05) is 6.07 Å². The Morgan fingerprint density at radius 2 is 2.14 bits per heavy atom. The second-order valence-electron chi connectivity index (χ2n) is 6.80. The number of thiazole rings is 1. The third-order valence-corrected chi connectivity index (χ3v) is 5.84. The van der Waals surface area contributed by atoms with E-state index in [0.717, 1.165) is 35.9 Å². The van der Waals surface area contributed by atoms with E-state index in [9.17, 15) is 4.39 Å². The van der Waals surface area contributed by atoms with Crippen LogP contribution in [0.1, 0.15) is 39.5 Å². The Labute approximate surface area is 187 Å². The van der Waals surface area contributed by atoms with Crippen molar-refractivity contribution in [1.29, 1.82) is 0 Å². The smallest absolute Gasteiger partial charge is 0.194 e. The Balaban J connectivity index is 0.00000280. The molecule has 1 heterocycles. The second kappa shape index (κ2) is 11.1. The van der Waals surface area contributed by atoms with Gasteiger partial charge in [0.2, 0.25) is 0 Å². The third kappa shape index (κ3) is 5.87. The fourth-order valence-electron chi connectivity index (χ4n) is 3.32. The highest BCUT2D eigenvalue weighted by atomic mass is 127. The average Bonchev–Trinajstić information content (AvgIpc) is 3.07. The van der Waals surface area contributed by atoms with E-state index in [1.807, 2.05) is 24.5 Å². The predicted octanol–water partition coefficient (Wildman–Crippen LogP) is 4.13. The molecule has 5 nitrogen and oxygen atoms in total. The number of benzene rings is 1. The lowest BCUT2D eigenvalue weighted by Gasteiger charge is -2.21. The van der Waals surface area contributed by atoms with Crippen molar-refractivity contribution >= 4 is 41.3 Å². The summed E-state index contributed by atoms with van der Waals surface area (Å²) in [6.45, 7) is 1.57. The lowest BCUT2D eigenvalue weighted by atomic mass is 10.0. The molecule has 0 aliphatic heterocycles. The van der Waals surface area contributed by atoms with Crippen molar-refractivity contribution in [2.75, 3.05) is 21.2 Å². The first-order valence-corrected chi connectivity index (χ1v) is 10.1. The molecule has 0 radical (unpaired) electrons. The molecule has 8 heteroatoms. The number of aromatic nitrogens is 1. The molecule has 0 saturated heterocycles. The quantitative estimate of drug-likeness (QED) is 0.355. The molecule has 1 aromatic heterocycles. The minimum Gasteiger partial charge on any atom is -0.380 e. The van der Waals surface area contributed by atoms with Crippen molar-refractivity contribution in [3.63, 3.8) is 0 Å². The summed E-state index contributed by atoms with van der Waals surface area (Å²) in [5, 5.41) is 4.48. The Kier molecular flexibility index (Phi) is 9.10. The Morgan fingerprint density at radius 3 is 2.86 bits per heavy atom. The van der Waals surface area contributed by atoms with E-state index in [-0.39, 0.29) is 36.4 Å². The van der Waals surface area contributed by atoms with Crippen LogP contribution in [0, 0.1) is 5.82 Å². The normalized spacial score (nSPS) is 13.6. The van der Waals surface area contributed by atoms with Gasteiger partial charge in [0.1, 0.15) is 10.8 Å². The number of nitrogens with one attached hydrogen (secondary N) is 1. The van der Waals surface area contributed by atoms with Gasteiger partial charge in [-0.25, -0.2) is 9.37 Å². The van der Waals surface area contributed by atoms with Crippen LogP contribution in [0.3, 0.4) is 0 Å². The van der Waals surface area contributed by atoms with Crippen LogP contribution in [0.2, 0.25) is 0 Å². The highest BCUT2D eigenvalue weighted by Gasteiger charge is 2.17. The van der Waals surface area contributed by atoms with Gasteiger partial charge in [0.25, 0.3) is 0 Å². The van der Waals surface area contributed by atoms with Gasteiger partial charge >= 0.3 is 0 Å². The standard InChI is InChI=1S/C20H27FN4OS.HI/c1-22-20(23-11-14-8-9-16(21)15(10-14)13-26-3)25(2)12-19-24-17-6-4-5-7-18(17)27-19;/h8-10H,4-7,11-13H2,1-3H3,(H,22,23);1H. The average molecular weight is 518 g/mol. The van der Waals surface area contributed by atoms with Crippen LogP contribution < -0.4 is 5.32 Å². The van der Waals surface area contributed by atoms with Crippen LogP contribution in [0.4, 0.5) is 4.39 Å². The zero-order chi connectivity index (χ0) is 19.2. The summed E-state index contributed by atoms with van der Waals surface area (Å²) >= 11 is 1.82. The van der Waals surface area contributed by atoms with Crippen LogP contribution in [0.25, 0.3) is 0 Å². The van der Waals surface area contributed by atoms with Crippen LogP contribution >= 0.6 is 35.3 Å². The van der Waals surface area contributed by atoms with Gasteiger partial charge < -0.3 is 15.0 Å². The molecular formula is C20H28FIN4OS. The Morgan fingerprint density at radius 1 is 1.36 bits per heavy atom. The monoisotopic (exact) mass is 518 g/mol. The maximum Gasteiger partial charge on any atom is 0.194 e. The second-order valence-corrected chi connectivity index (χ2v) is 7.97. The molecule has 3 rings (SSSR count). The van der Waals surface area contributed by atoms with Gasteiger partial charge in [-0.3, -0.25) is 4.99 Å². The van der Waals surface area contributed by atoms with E-state index < -0.39 is 0 Å². The summed E-state index contributed by atoms with van der Waals surface area (Å²) in [4.78, 5) is 12.7. The van der Waals surface area contributed by atoms with Crippen molar-refractivity contribution in [2.45, 2.75) is 45.4 Å². The summed E-state index contributed by atoms with van der Waals surface area (Å²) in [5.74, 6) is 0.552. The van der Waals surface area contributed by atoms with Gasteiger partial charge in [0.15, 0.2) is 5.96 Å². The minimum absolute atomic E-state index is 0. The first-order chi connectivity index (χ1) is 13.1. The zero-order valence-electron chi connectivity index (χ0n) is 16.6. The Hall–Kier alpha value is -1.26. The number of aryl methyl sites for hydroxylation is 2. The summed E-state index contributed by atoms with van der Waals surface area (Å²) in [7, 11) is 5.35. The molecule has 1 N–H and O–H groups in total. The van der Waals surface area contributed by atoms with E-state index in [4.69, 9.17) is 9.72 Å². The van der Waals surface area contributed by atoms with E-state index in [1.54, 1.807) is 20.2 Å². The molecule has 0 amide bonds. The first kappa shape index (κ1) is 23.0. The summed E-state index contributed by atoms with van der Waals surface area (Å²) < 4.78 is 18.8. The molecule has 28 heavy (non-hydrogen) atoms. The summed E-state index contributed by atoms with van der Waals surface area (Å²) in [5.41, 5.74) is 2.84. The van der Waals surface area contributed by atoms with Crippen LogP contribution in [-0.4, -0.2) is 37.0 Å². The van der Waals surface area contributed by atoms with Crippen molar-refractivity contribution < 1.29 is 9.13 Å². The SMILES string of the molecule is CN=C(NCc1ccc(F)c(COC)c1)N(C)Cc1nc2c(s1)CCCC2.I. The van der Waals surface area contributed by atoms with Gasteiger partial charge in [0, 0.05) is 38.2 Å². The van der Waals surface area contributed by atoms with E-state index in [1.165, 1.54) is 29.5 Å². The van der Waals surface area contributed by atoms with Crippen LogP contribution in [0.15, 0.2) is 23.2 Å². The lowest BCUT2D eigenvalue weighted by molar-refractivity contribution is 0.181. The maximum atomic E-state index is 13.8. The topological polar surface area (TPSA) is 49.8 Å². The van der Waals surface area contributed by atoms with Gasteiger partial charge in [-0.2, -0.15) is 0 Å². The zero-order valence-corrected chi connectivity index (χ0v) is 19.8. The maximum absolute atomic E-state index is 13.8. The molecule has 1 aliphatic rings. The number of fused-ring (bicyclic) bond motifs is 1.